The normalized spacial score (nSPS) is 20.3. The van der Waals surface area contributed by atoms with Crippen LogP contribution in [0.15, 0.2) is 36.8 Å². The number of aliphatic hydroxyl groups is 1. The molecule has 7 nitrogen and oxygen atoms in total. The maximum atomic E-state index is 12.6. The quantitative estimate of drug-likeness (QED) is 0.700. The van der Waals surface area contributed by atoms with Crippen molar-refractivity contribution in [3.63, 3.8) is 0 Å². The minimum atomic E-state index is -0.271. The van der Waals surface area contributed by atoms with E-state index in [1.54, 1.807) is 6.20 Å². The van der Waals surface area contributed by atoms with Crippen molar-refractivity contribution in [2.75, 3.05) is 5.32 Å². The Hall–Kier alpha value is -2.54. The molecule has 138 valence electrons. The predicted molar refractivity (Wildman–Crippen MR) is 98.7 cm³/mol. The molecule has 0 aromatic carbocycles. The molecule has 2 aromatic rings. The molecular formula is C19H25N5O2. The van der Waals surface area contributed by atoms with Crippen molar-refractivity contribution in [2.45, 2.75) is 51.3 Å². The summed E-state index contributed by atoms with van der Waals surface area (Å²) >= 11 is 0. The van der Waals surface area contributed by atoms with E-state index in [1.807, 2.05) is 32.0 Å². The highest BCUT2D eigenvalue weighted by Gasteiger charge is 2.35. The van der Waals surface area contributed by atoms with Crippen molar-refractivity contribution in [3.8, 4) is 0 Å². The number of hydrogen-bond donors (Lipinski definition) is 3. The van der Waals surface area contributed by atoms with Crippen molar-refractivity contribution in [1.29, 1.82) is 0 Å². The number of aromatic nitrogens is 3. The fourth-order valence-electron chi connectivity index (χ4n) is 3.07. The van der Waals surface area contributed by atoms with Gasteiger partial charge in [-0.3, -0.25) is 9.78 Å². The van der Waals surface area contributed by atoms with Crippen LogP contribution in [0.2, 0.25) is 0 Å². The number of rotatable bonds is 7. The number of carbonyl (C=O) groups is 1. The maximum absolute atomic E-state index is 12.6. The average Bonchev–Trinajstić information content (AvgIpc) is 2.59. The SMILES string of the molecule is CC(C)Nc1ncc(C(=O)NC(Cc2ccccn2)C2CC(O)C2)cn1. The summed E-state index contributed by atoms with van der Waals surface area (Å²) in [5.41, 5.74) is 1.34. The Morgan fingerprint density at radius 2 is 1.96 bits per heavy atom. The van der Waals surface area contributed by atoms with Crippen molar-refractivity contribution in [2.24, 2.45) is 5.92 Å². The van der Waals surface area contributed by atoms with E-state index < -0.39 is 0 Å². The van der Waals surface area contributed by atoms with Gasteiger partial charge >= 0.3 is 0 Å². The van der Waals surface area contributed by atoms with E-state index in [0.29, 0.717) is 30.8 Å². The van der Waals surface area contributed by atoms with Crippen LogP contribution in [-0.4, -0.2) is 44.2 Å². The molecule has 1 aliphatic rings. The van der Waals surface area contributed by atoms with Crippen LogP contribution in [0.25, 0.3) is 0 Å². The summed E-state index contributed by atoms with van der Waals surface area (Å²) in [4.78, 5) is 25.3. The van der Waals surface area contributed by atoms with E-state index in [0.717, 1.165) is 5.69 Å². The molecule has 2 heterocycles. The number of nitrogens with one attached hydrogen (secondary N) is 2. The highest BCUT2D eigenvalue weighted by atomic mass is 16.3. The van der Waals surface area contributed by atoms with Gasteiger partial charge in [0, 0.05) is 42.8 Å². The molecule has 0 spiro atoms. The monoisotopic (exact) mass is 355 g/mol. The summed E-state index contributed by atoms with van der Waals surface area (Å²) in [6.45, 7) is 4.00. The third-order valence-electron chi connectivity index (χ3n) is 4.52. The molecule has 2 aromatic heterocycles. The first-order valence-electron chi connectivity index (χ1n) is 8.98. The molecule has 0 aliphatic heterocycles. The van der Waals surface area contributed by atoms with Crippen LogP contribution in [-0.2, 0) is 6.42 Å². The van der Waals surface area contributed by atoms with Crippen LogP contribution in [0.5, 0.6) is 0 Å². The van der Waals surface area contributed by atoms with Crippen molar-refractivity contribution >= 4 is 11.9 Å². The molecule has 7 heteroatoms. The Balaban J connectivity index is 1.66. The fourth-order valence-corrected chi connectivity index (χ4v) is 3.07. The van der Waals surface area contributed by atoms with Gasteiger partial charge in [0.15, 0.2) is 0 Å². The molecule has 0 bridgehead atoms. The molecule has 1 aliphatic carbocycles. The molecule has 1 amide bonds. The van der Waals surface area contributed by atoms with Crippen LogP contribution in [0.1, 0.15) is 42.7 Å². The van der Waals surface area contributed by atoms with Gasteiger partial charge in [0.1, 0.15) is 0 Å². The van der Waals surface area contributed by atoms with Crippen LogP contribution in [0, 0.1) is 5.92 Å². The fraction of sp³-hybridized carbons (Fsp3) is 0.474. The Bertz CT molecular complexity index is 714. The molecule has 1 saturated carbocycles. The highest BCUT2D eigenvalue weighted by Crippen LogP contribution is 2.31. The van der Waals surface area contributed by atoms with E-state index in [9.17, 15) is 9.90 Å². The van der Waals surface area contributed by atoms with Crippen LogP contribution < -0.4 is 10.6 Å². The zero-order chi connectivity index (χ0) is 18.5. The Morgan fingerprint density at radius 3 is 2.54 bits per heavy atom. The second kappa shape index (κ2) is 8.23. The van der Waals surface area contributed by atoms with Gasteiger partial charge < -0.3 is 15.7 Å². The first kappa shape index (κ1) is 18.3. The molecule has 0 saturated heterocycles. The molecule has 1 fully saturated rings. The smallest absolute Gasteiger partial charge is 0.254 e. The minimum absolute atomic E-state index is 0.0748. The summed E-state index contributed by atoms with van der Waals surface area (Å²) in [5, 5.41) is 15.8. The van der Waals surface area contributed by atoms with Gasteiger partial charge in [0.25, 0.3) is 5.91 Å². The van der Waals surface area contributed by atoms with Crippen LogP contribution in [0.4, 0.5) is 5.95 Å². The average molecular weight is 355 g/mol. The number of carbonyl (C=O) groups excluding carboxylic acids is 1. The minimum Gasteiger partial charge on any atom is -0.393 e. The number of hydrogen-bond acceptors (Lipinski definition) is 6. The highest BCUT2D eigenvalue weighted by molar-refractivity contribution is 5.93. The van der Waals surface area contributed by atoms with E-state index in [4.69, 9.17) is 0 Å². The van der Waals surface area contributed by atoms with Gasteiger partial charge in [-0.2, -0.15) is 0 Å². The first-order valence-corrected chi connectivity index (χ1v) is 8.98. The zero-order valence-electron chi connectivity index (χ0n) is 15.1. The summed E-state index contributed by atoms with van der Waals surface area (Å²) < 4.78 is 0. The third kappa shape index (κ3) is 4.76. The van der Waals surface area contributed by atoms with Gasteiger partial charge in [0.2, 0.25) is 5.95 Å². The van der Waals surface area contributed by atoms with Gasteiger partial charge in [-0.1, -0.05) is 6.07 Å². The number of nitrogens with zero attached hydrogens (tertiary/aromatic N) is 3. The topological polar surface area (TPSA) is 100 Å². The number of anilines is 1. The lowest BCUT2D eigenvalue weighted by molar-refractivity contribution is 0.0237. The van der Waals surface area contributed by atoms with Crippen LogP contribution in [0.3, 0.4) is 0 Å². The van der Waals surface area contributed by atoms with Gasteiger partial charge in [-0.15, -0.1) is 0 Å². The summed E-state index contributed by atoms with van der Waals surface area (Å²) in [6, 6.07) is 5.90. The largest absolute Gasteiger partial charge is 0.393 e. The molecule has 1 unspecified atom stereocenters. The van der Waals surface area contributed by atoms with Gasteiger partial charge in [-0.25, -0.2) is 9.97 Å². The number of aliphatic hydroxyl groups excluding tert-OH is 1. The summed E-state index contributed by atoms with van der Waals surface area (Å²) in [5.74, 6) is 0.547. The molecule has 1 atom stereocenters. The van der Waals surface area contributed by atoms with Crippen molar-refractivity contribution in [3.05, 3.63) is 48.0 Å². The lowest BCUT2D eigenvalue weighted by Crippen LogP contribution is -2.48. The zero-order valence-corrected chi connectivity index (χ0v) is 15.1. The number of amides is 1. The Kier molecular flexibility index (Phi) is 5.78. The Morgan fingerprint density at radius 1 is 1.23 bits per heavy atom. The Labute approximate surface area is 153 Å². The summed E-state index contributed by atoms with van der Waals surface area (Å²) in [6.07, 6.45) is 6.57. The van der Waals surface area contributed by atoms with Crippen molar-refractivity contribution < 1.29 is 9.90 Å². The lowest BCUT2D eigenvalue weighted by atomic mass is 9.76. The third-order valence-corrected chi connectivity index (χ3v) is 4.52. The summed E-state index contributed by atoms with van der Waals surface area (Å²) in [7, 11) is 0. The lowest BCUT2D eigenvalue weighted by Gasteiger charge is -2.38. The number of pyridine rings is 1. The molecular weight excluding hydrogens is 330 g/mol. The van der Waals surface area contributed by atoms with Crippen LogP contribution >= 0.6 is 0 Å². The molecule has 3 N–H and O–H groups in total. The molecule has 0 radical (unpaired) electrons. The van der Waals surface area contributed by atoms with E-state index in [-0.39, 0.29) is 30.0 Å². The molecule has 3 rings (SSSR count). The first-order chi connectivity index (χ1) is 12.5. The maximum Gasteiger partial charge on any atom is 0.254 e. The standard InChI is InChI=1S/C19H25N5O2/c1-12(2)23-19-21-10-14(11-22-19)18(26)24-17(13-7-16(25)8-13)9-15-5-3-4-6-20-15/h3-6,10-13,16-17,25H,7-9H2,1-2H3,(H,24,26)(H,21,22,23). The second-order valence-corrected chi connectivity index (χ2v) is 7.08. The van der Waals surface area contributed by atoms with Gasteiger partial charge in [0.05, 0.1) is 11.7 Å². The van der Waals surface area contributed by atoms with Crippen molar-refractivity contribution in [1.82, 2.24) is 20.3 Å². The predicted octanol–water partition coefficient (Wildman–Crippen LogP) is 1.80. The van der Waals surface area contributed by atoms with E-state index >= 15 is 0 Å². The van der Waals surface area contributed by atoms with E-state index in [2.05, 4.69) is 25.6 Å². The van der Waals surface area contributed by atoms with Gasteiger partial charge in [-0.05, 0) is 44.7 Å². The second-order valence-electron chi connectivity index (χ2n) is 7.08. The molecule has 26 heavy (non-hydrogen) atoms. The van der Waals surface area contributed by atoms with E-state index in [1.165, 1.54) is 12.4 Å².